The van der Waals surface area contributed by atoms with E-state index in [-0.39, 0.29) is 0 Å². The number of Topliss-reactive ketones (excluding diaryl/α,β-unsaturated/α-hetero) is 1. The van der Waals surface area contributed by atoms with Crippen molar-refractivity contribution in [2.75, 3.05) is 16.8 Å². The Bertz CT molecular complexity index is 547. The molecule has 4 nitrogen and oxygen atoms in total. The van der Waals surface area contributed by atoms with Crippen molar-refractivity contribution in [2.24, 2.45) is 5.92 Å². The van der Waals surface area contributed by atoms with Gasteiger partial charge in [-0.1, -0.05) is 13.8 Å². The number of fused-ring (bicyclic) bond motifs is 1. The Morgan fingerprint density at radius 3 is 2.68 bits per heavy atom. The number of carbonyl (C=O) groups excluding carboxylic acids is 2. The van der Waals surface area contributed by atoms with Gasteiger partial charge in [0.15, 0.2) is 0 Å². The molecule has 0 radical (unpaired) electrons. The first kappa shape index (κ1) is 12.2. The molecular weight excluding hydrogens is 240 g/mol. The van der Waals surface area contributed by atoms with E-state index in [4.69, 9.17) is 0 Å². The maximum absolute atomic E-state index is 11.6. The quantitative estimate of drug-likeness (QED) is 0.844. The van der Waals surface area contributed by atoms with Crippen molar-refractivity contribution in [2.45, 2.75) is 32.7 Å². The fourth-order valence-electron chi connectivity index (χ4n) is 2.56. The molecule has 2 aliphatic rings. The predicted octanol–water partition coefficient (Wildman–Crippen LogP) is 2.45. The highest BCUT2D eigenvalue weighted by Crippen LogP contribution is 2.35. The molecule has 0 atom stereocenters. The molecule has 19 heavy (non-hydrogen) atoms. The molecule has 0 aromatic heterocycles. The number of rotatable bonds is 4. The van der Waals surface area contributed by atoms with Crippen LogP contribution in [0.2, 0.25) is 0 Å². The van der Waals surface area contributed by atoms with Crippen molar-refractivity contribution in [3.8, 4) is 0 Å². The van der Waals surface area contributed by atoms with Crippen LogP contribution in [0, 0.1) is 5.92 Å². The van der Waals surface area contributed by atoms with Gasteiger partial charge >= 0.3 is 0 Å². The van der Waals surface area contributed by atoms with Gasteiger partial charge in [-0.15, -0.1) is 0 Å². The first-order valence-electron chi connectivity index (χ1n) is 6.82. The SMILES string of the molecule is CC(C)CN(c1ccc2c(c1)NC(=O)C2=O)C1CC1. The molecule has 0 spiro atoms. The molecule has 0 unspecified atom stereocenters. The van der Waals surface area contributed by atoms with Crippen LogP contribution in [0.3, 0.4) is 0 Å². The first-order valence-corrected chi connectivity index (χ1v) is 6.82. The molecule has 0 saturated heterocycles. The second-order valence-corrected chi connectivity index (χ2v) is 5.79. The molecular formula is C15H18N2O2. The van der Waals surface area contributed by atoms with Gasteiger partial charge in [0, 0.05) is 18.3 Å². The van der Waals surface area contributed by atoms with Gasteiger partial charge < -0.3 is 10.2 Å². The molecule has 0 bridgehead atoms. The highest BCUT2D eigenvalue weighted by Gasteiger charge is 2.32. The van der Waals surface area contributed by atoms with Crippen LogP contribution in [0.1, 0.15) is 37.0 Å². The van der Waals surface area contributed by atoms with Crippen molar-refractivity contribution in [1.29, 1.82) is 0 Å². The zero-order valence-electron chi connectivity index (χ0n) is 11.3. The fourth-order valence-corrected chi connectivity index (χ4v) is 2.56. The van der Waals surface area contributed by atoms with Gasteiger partial charge in [0.25, 0.3) is 11.7 Å². The number of ketones is 1. The molecule has 1 N–H and O–H groups in total. The van der Waals surface area contributed by atoms with E-state index >= 15 is 0 Å². The van der Waals surface area contributed by atoms with Gasteiger partial charge in [0.1, 0.15) is 0 Å². The van der Waals surface area contributed by atoms with E-state index in [1.54, 1.807) is 6.07 Å². The standard InChI is InChI=1S/C15H18N2O2/c1-9(2)8-17(10-3-4-10)11-5-6-12-13(7-11)16-15(19)14(12)18/h5-7,9-10H,3-4,8H2,1-2H3,(H,16,18,19). The summed E-state index contributed by atoms with van der Waals surface area (Å²) in [4.78, 5) is 25.3. The number of carbonyl (C=O) groups is 2. The minimum absolute atomic E-state index is 0.427. The molecule has 3 rings (SSSR count). The summed E-state index contributed by atoms with van der Waals surface area (Å²) in [7, 11) is 0. The topological polar surface area (TPSA) is 49.4 Å². The lowest BCUT2D eigenvalue weighted by molar-refractivity contribution is -0.112. The van der Waals surface area contributed by atoms with E-state index < -0.39 is 11.7 Å². The Morgan fingerprint density at radius 1 is 1.32 bits per heavy atom. The Kier molecular flexibility index (Phi) is 2.81. The summed E-state index contributed by atoms with van der Waals surface area (Å²) >= 11 is 0. The summed E-state index contributed by atoms with van der Waals surface area (Å²) in [6.45, 7) is 5.41. The average molecular weight is 258 g/mol. The Balaban J connectivity index is 1.91. The van der Waals surface area contributed by atoms with Crippen molar-refractivity contribution in [3.63, 3.8) is 0 Å². The summed E-state index contributed by atoms with van der Waals surface area (Å²) in [5.41, 5.74) is 2.25. The van der Waals surface area contributed by atoms with Gasteiger partial charge in [-0.05, 0) is 37.0 Å². The first-order chi connectivity index (χ1) is 9.06. The number of benzene rings is 1. The van der Waals surface area contributed by atoms with Crippen molar-refractivity contribution < 1.29 is 9.59 Å². The molecule has 1 fully saturated rings. The van der Waals surface area contributed by atoms with Crippen LogP contribution in [-0.4, -0.2) is 24.3 Å². The van der Waals surface area contributed by atoms with Crippen LogP contribution in [0.25, 0.3) is 0 Å². The van der Waals surface area contributed by atoms with Crippen LogP contribution in [-0.2, 0) is 4.79 Å². The molecule has 1 aliphatic carbocycles. The summed E-state index contributed by atoms with van der Waals surface area (Å²) in [6, 6.07) is 6.27. The number of hydrogen-bond acceptors (Lipinski definition) is 3. The molecule has 1 amide bonds. The van der Waals surface area contributed by atoms with Gasteiger partial charge in [0.05, 0.1) is 11.3 Å². The molecule has 1 heterocycles. The van der Waals surface area contributed by atoms with E-state index in [0.29, 0.717) is 23.2 Å². The fraction of sp³-hybridized carbons (Fsp3) is 0.467. The maximum atomic E-state index is 11.6. The Hall–Kier alpha value is -1.84. The third-order valence-corrected chi connectivity index (χ3v) is 3.58. The maximum Gasteiger partial charge on any atom is 0.296 e. The van der Waals surface area contributed by atoms with E-state index in [1.165, 1.54) is 12.8 Å². The number of anilines is 2. The predicted molar refractivity (Wildman–Crippen MR) is 74.6 cm³/mol. The Morgan fingerprint density at radius 2 is 2.05 bits per heavy atom. The molecule has 4 heteroatoms. The minimum Gasteiger partial charge on any atom is -0.368 e. The molecule has 1 aromatic carbocycles. The zero-order valence-corrected chi connectivity index (χ0v) is 11.3. The van der Waals surface area contributed by atoms with Gasteiger partial charge in [0.2, 0.25) is 0 Å². The lowest BCUT2D eigenvalue weighted by Crippen LogP contribution is -2.29. The molecule has 1 aliphatic heterocycles. The second-order valence-electron chi connectivity index (χ2n) is 5.79. The largest absolute Gasteiger partial charge is 0.368 e. The zero-order chi connectivity index (χ0) is 13.6. The van der Waals surface area contributed by atoms with E-state index in [1.807, 2.05) is 12.1 Å². The van der Waals surface area contributed by atoms with E-state index in [2.05, 4.69) is 24.1 Å². The van der Waals surface area contributed by atoms with Crippen LogP contribution in [0.15, 0.2) is 18.2 Å². The highest BCUT2D eigenvalue weighted by atomic mass is 16.2. The van der Waals surface area contributed by atoms with Crippen LogP contribution in [0.5, 0.6) is 0 Å². The van der Waals surface area contributed by atoms with Gasteiger partial charge in [-0.3, -0.25) is 9.59 Å². The van der Waals surface area contributed by atoms with E-state index in [9.17, 15) is 9.59 Å². The third-order valence-electron chi connectivity index (χ3n) is 3.58. The highest BCUT2D eigenvalue weighted by molar-refractivity contribution is 6.51. The monoisotopic (exact) mass is 258 g/mol. The molecule has 1 saturated carbocycles. The number of hydrogen-bond donors (Lipinski definition) is 1. The number of nitrogens with one attached hydrogen (secondary N) is 1. The lowest BCUT2D eigenvalue weighted by Gasteiger charge is -2.27. The van der Waals surface area contributed by atoms with Gasteiger partial charge in [-0.2, -0.15) is 0 Å². The summed E-state index contributed by atoms with van der Waals surface area (Å²) in [5, 5.41) is 2.64. The average Bonchev–Trinajstić information content (AvgIpc) is 3.15. The minimum atomic E-state index is -0.519. The van der Waals surface area contributed by atoms with Crippen LogP contribution in [0.4, 0.5) is 11.4 Å². The lowest BCUT2D eigenvalue weighted by atomic mass is 10.1. The Labute approximate surface area is 112 Å². The molecule has 1 aromatic rings. The van der Waals surface area contributed by atoms with Crippen LogP contribution < -0.4 is 10.2 Å². The molecule has 100 valence electrons. The summed E-state index contributed by atoms with van der Waals surface area (Å²) in [5.74, 6) is -0.359. The van der Waals surface area contributed by atoms with Crippen molar-refractivity contribution in [1.82, 2.24) is 0 Å². The van der Waals surface area contributed by atoms with Gasteiger partial charge in [-0.25, -0.2) is 0 Å². The van der Waals surface area contributed by atoms with Crippen molar-refractivity contribution >= 4 is 23.1 Å². The number of nitrogens with zero attached hydrogens (tertiary/aromatic N) is 1. The smallest absolute Gasteiger partial charge is 0.296 e. The van der Waals surface area contributed by atoms with Crippen LogP contribution >= 0.6 is 0 Å². The third kappa shape index (κ3) is 2.23. The summed E-state index contributed by atoms with van der Waals surface area (Å²) in [6.07, 6.45) is 2.46. The second kappa shape index (κ2) is 4.37. The summed E-state index contributed by atoms with van der Waals surface area (Å²) < 4.78 is 0. The van der Waals surface area contributed by atoms with Crippen molar-refractivity contribution in [3.05, 3.63) is 23.8 Å². The van der Waals surface area contributed by atoms with E-state index in [0.717, 1.165) is 12.2 Å². The normalized spacial score (nSPS) is 17.6. The number of amides is 1.